The van der Waals surface area contributed by atoms with Gasteiger partial charge in [-0.3, -0.25) is 4.72 Å². The third-order valence-electron chi connectivity index (χ3n) is 5.41. The van der Waals surface area contributed by atoms with E-state index in [1.54, 1.807) is 17.5 Å². The van der Waals surface area contributed by atoms with Gasteiger partial charge in [0.25, 0.3) is 10.0 Å². The molecular weight excluding hydrogens is 432 g/mol. The largest absolute Gasteiger partial charge is 0.273 e. The molecule has 1 N–H and O–H groups in total. The average molecular weight is 453 g/mol. The summed E-state index contributed by atoms with van der Waals surface area (Å²) in [5, 5.41) is 2.13. The van der Waals surface area contributed by atoms with E-state index in [-0.39, 0.29) is 4.21 Å². The first-order valence-electron chi connectivity index (χ1n) is 9.83. The van der Waals surface area contributed by atoms with Crippen LogP contribution in [0, 0.1) is 0 Å². The summed E-state index contributed by atoms with van der Waals surface area (Å²) in [6, 6.07) is 21.9. The summed E-state index contributed by atoms with van der Waals surface area (Å²) in [6.45, 7) is 0. The third-order valence-corrected chi connectivity index (χ3v) is 9.29. The van der Waals surface area contributed by atoms with Gasteiger partial charge >= 0.3 is 0 Å². The van der Waals surface area contributed by atoms with Crippen LogP contribution in [0.15, 0.2) is 76.3 Å². The Kier molecular flexibility index (Phi) is 5.18. The molecule has 2 heterocycles. The van der Waals surface area contributed by atoms with Crippen LogP contribution >= 0.6 is 22.7 Å². The topological polar surface area (TPSA) is 59.1 Å². The Labute approximate surface area is 184 Å². The molecule has 0 atom stereocenters. The molecule has 1 fully saturated rings. The van der Waals surface area contributed by atoms with Gasteiger partial charge in [0.1, 0.15) is 4.21 Å². The molecule has 1 saturated carbocycles. The van der Waals surface area contributed by atoms with E-state index in [9.17, 15) is 8.42 Å². The molecule has 30 heavy (non-hydrogen) atoms. The Morgan fingerprint density at radius 2 is 1.67 bits per heavy atom. The maximum absolute atomic E-state index is 12.7. The van der Waals surface area contributed by atoms with Crippen molar-refractivity contribution in [3.8, 4) is 21.7 Å². The molecule has 0 spiro atoms. The number of thiophene rings is 1. The molecule has 1 aliphatic carbocycles. The Balaban J connectivity index is 1.54. The Bertz CT molecular complexity index is 1240. The minimum atomic E-state index is -3.64. The van der Waals surface area contributed by atoms with Crippen molar-refractivity contribution in [3.63, 3.8) is 0 Å². The first-order valence-corrected chi connectivity index (χ1v) is 13.0. The number of nitrogens with zero attached hydrogens (tertiary/aromatic N) is 1. The van der Waals surface area contributed by atoms with Crippen LogP contribution in [0.4, 0.5) is 5.13 Å². The van der Waals surface area contributed by atoms with Crippen LogP contribution < -0.4 is 4.72 Å². The van der Waals surface area contributed by atoms with Gasteiger partial charge in [-0.2, -0.15) is 0 Å². The van der Waals surface area contributed by atoms with Gasteiger partial charge < -0.3 is 0 Å². The summed E-state index contributed by atoms with van der Waals surface area (Å²) in [5.74, 6) is 0.677. The Morgan fingerprint density at radius 3 is 2.30 bits per heavy atom. The first-order chi connectivity index (χ1) is 14.6. The fourth-order valence-electron chi connectivity index (χ4n) is 3.58. The lowest BCUT2D eigenvalue weighted by atomic mass is 9.80. The van der Waals surface area contributed by atoms with E-state index in [0.29, 0.717) is 11.0 Å². The summed E-state index contributed by atoms with van der Waals surface area (Å²) < 4.78 is 28.3. The standard InChI is InChI=1S/C23H20N2O2S3/c26-30(27,20-10-5-15-28-20)25-23-24-21(22(29-23)19-6-2-1-3-7-19)18-13-11-17(12-14-18)16-8-4-9-16/h1-3,5-7,10-16H,4,8-9H2,(H,24,25). The molecule has 4 aromatic rings. The number of sulfonamides is 1. The monoisotopic (exact) mass is 452 g/mol. The number of aromatic nitrogens is 1. The highest BCUT2D eigenvalue weighted by molar-refractivity contribution is 7.94. The van der Waals surface area contributed by atoms with E-state index < -0.39 is 10.0 Å². The van der Waals surface area contributed by atoms with Crippen molar-refractivity contribution < 1.29 is 8.42 Å². The number of anilines is 1. The fraction of sp³-hybridized carbons (Fsp3) is 0.174. The number of thiazole rings is 1. The predicted molar refractivity (Wildman–Crippen MR) is 125 cm³/mol. The van der Waals surface area contributed by atoms with Gasteiger partial charge in [-0.15, -0.1) is 11.3 Å². The highest BCUT2D eigenvalue weighted by Gasteiger charge is 2.22. The van der Waals surface area contributed by atoms with Gasteiger partial charge in [0, 0.05) is 5.56 Å². The summed E-state index contributed by atoms with van der Waals surface area (Å²) in [6.07, 6.45) is 3.84. The first kappa shape index (κ1) is 19.5. The lowest BCUT2D eigenvalue weighted by molar-refractivity contribution is 0.420. The summed E-state index contributed by atoms with van der Waals surface area (Å²) >= 11 is 2.55. The van der Waals surface area contributed by atoms with E-state index in [2.05, 4.69) is 29.0 Å². The van der Waals surface area contributed by atoms with Crippen LogP contribution in [0.3, 0.4) is 0 Å². The zero-order chi connectivity index (χ0) is 20.6. The molecule has 0 saturated heterocycles. The molecular formula is C23H20N2O2S3. The lowest BCUT2D eigenvalue weighted by Crippen LogP contribution is -2.11. The number of benzene rings is 2. The van der Waals surface area contributed by atoms with Gasteiger partial charge in [0.15, 0.2) is 5.13 Å². The van der Waals surface area contributed by atoms with Gasteiger partial charge in [-0.25, -0.2) is 13.4 Å². The molecule has 2 aromatic carbocycles. The Morgan fingerprint density at radius 1 is 0.900 bits per heavy atom. The number of nitrogens with one attached hydrogen (secondary N) is 1. The number of hydrogen-bond acceptors (Lipinski definition) is 5. The van der Waals surface area contributed by atoms with E-state index in [0.717, 1.165) is 21.7 Å². The third kappa shape index (κ3) is 3.80. The van der Waals surface area contributed by atoms with E-state index in [1.807, 2.05) is 30.3 Å². The van der Waals surface area contributed by atoms with Crippen molar-refractivity contribution in [2.75, 3.05) is 4.72 Å². The highest BCUT2D eigenvalue weighted by atomic mass is 32.2. The van der Waals surface area contributed by atoms with Gasteiger partial charge in [0.05, 0.1) is 10.6 Å². The molecule has 5 rings (SSSR count). The summed E-state index contributed by atoms with van der Waals surface area (Å²) in [5.41, 5.74) is 4.19. The molecule has 0 bridgehead atoms. The van der Waals surface area contributed by atoms with E-state index in [4.69, 9.17) is 4.98 Å². The predicted octanol–water partition coefficient (Wildman–Crippen LogP) is 6.61. The zero-order valence-electron chi connectivity index (χ0n) is 16.1. The minimum absolute atomic E-state index is 0.283. The van der Waals surface area contributed by atoms with Gasteiger partial charge in [-0.05, 0) is 41.3 Å². The minimum Gasteiger partial charge on any atom is -0.254 e. The van der Waals surface area contributed by atoms with Crippen molar-refractivity contribution in [3.05, 3.63) is 77.7 Å². The molecule has 4 nitrogen and oxygen atoms in total. The van der Waals surface area contributed by atoms with Crippen molar-refractivity contribution in [2.45, 2.75) is 29.4 Å². The molecule has 1 aliphatic rings. The Hall–Kier alpha value is -2.48. The second-order valence-electron chi connectivity index (χ2n) is 7.35. The average Bonchev–Trinajstić information content (AvgIpc) is 3.38. The molecule has 152 valence electrons. The fourth-order valence-corrected chi connectivity index (χ4v) is 6.80. The summed E-state index contributed by atoms with van der Waals surface area (Å²) in [4.78, 5) is 5.65. The number of rotatable bonds is 6. The van der Waals surface area contributed by atoms with E-state index >= 15 is 0 Å². The number of hydrogen-bond donors (Lipinski definition) is 1. The van der Waals surface area contributed by atoms with Crippen LogP contribution in [0.2, 0.25) is 0 Å². The summed E-state index contributed by atoms with van der Waals surface area (Å²) in [7, 11) is -3.64. The molecule has 0 amide bonds. The van der Waals surface area contributed by atoms with Crippen LogP contribution in [0.25, 0.3) is 21.7 Å². The SMILES string of the molecule is O=S(=O)(Nc1nc(-c2ccc(C3CCC3)cc2)c(-c2ccccc2)s1)c1cccs1. The maximum atomic E-state index is 12.7. The normalized spacial score (nSPS) is 14.4. The van der Waals surface area contributed by atoms with Crippen LogP contribution in [0.5, 0.6) is 0 Å². The lowest BCUT2D eigenvalue weighted by Gasteiger charge is -2.25. The highest BCUT2D eigenvalue weighted by Crippen LogP contribution is 2.41. The molecule has 0 aliphatic heterocycles. The molecule has 2 aromatic heterocycles. The zero-order valence-corrected chi connectivity index (χ0v) is 18.6. The van der Waals surface area contributed by atoms with Crippen LogP contribution in [-0.2, 0) is 10.0 Å². The smallest absolute Gasteiger partial charge is 0.254 e. The molecule has 0 radical (unpaired) electrons. The van der Waals surface area contributed by atoms with Crippen molar-refractivity contribution in [1.82, 2.24) is 4.98 Å². The second kappa shape index (κ2) is 7.98. The van der Waals surface area contributed by atoms with Gasteiger partial charge in [-0.1, -0.05) is 78.4 Å². The van der Waals surface area contributed by atoms with Crippen LogP contribution in [0.1, 0.15) is 30.7 Å². The molecule has 7 heteroatoms. The quantitative estimate of drug-likeness (QED) is 0.358. The van der Waals surface area contributed by atoms with Crippen molar-refractivity contribution >= 4 is 37.8 Å². The van der Waals surface area contributed by atoms with E-state index in [1.165, 1.54) is 47.5 Å². The van der Waals surface area contributed by atoms with Crippen molar-refractivity contribution in [2.24, 2.45) is 0 Å². The maximum Gasteiger partial charge on any atom is 0.273 e. The second-order valence-corrected chi connectivity index (χ2v) is 11.2. The van der Waals surface area contributed by atoms with Crippen LogP contribution in [-0.4, -0.2) is 13.4 Å². The van der Waals surface area contributed by atoms with Crippen molar-refractivity contribution in [1.29, 1.82) is 0 Å². The molecule has 0 unspecified atom stereocenters. The van der Waals surface area contributed by atoms with Gasteiger partial charge in [0.2, 0.25) is 0 Å².